The molecule has 6 heteroatoms. The molecule has 0 radical (unpaired) electrons. The van der Waals surface area contributed by atoms with Crippen LogP contribution in [0.4, 0.5) is 4.39 Å². The van der Waals surface area contributed by atoms with E-state index < -0.39 is 5.97 Å². The highest BCUT2D eigenvalue weighted by atomic mass is 19.1. The van der Waals surface area contributed by atoms with Crippen molar-refractivity contribution >= 4 is 17.0 Å². The van der Waals surface area contributed by atoms with Gasteiger partial charge in [0.1, 0.15) is 5.82 Å². The van der Waals surface area contributed by atoms with Crippen molar-refractivity contribution in [1.29, 1.82) is 0 Å². The van der Waals surface area contributed by atoms with E-state index in [0.717, 1.165) is 18.5 Å². The van der Waals surface area contributed by atoms with Gasteiger partial charge in [0.15, 0.2) is 5.65 Å². The number of aromatic carboxylic acids is 1. The van der Waals surface area contributed by atoms with E-state index in [1.54, 1.807) is 29.8 Å². The minimum atomic E-state index is -0.985. The Kier molecular flexibility index (Phi) is 2.94. The van der Waals surface area contributed by atoms with Crippen molar-refractivity contribution in [2.75, 3.05) is 0 Å². The van der Waals surface area contributed by atoms with Crippen LogP contribution in [0.5, 0.6) is 0 Å². The number of rotatable bonds is 3. The molecule has 23 heavy (non-hydrogen) atoms. The van der Waals surface area contributed by atoms with Crippen LogP contribution in [-0.4, -0.2) is 25.8 Å². The van der Waals surface area contributed by atoms with Crippen LogP contribution >= 0.6 is 0 Å². The summed E-state index contributed by atoms with van der Waals surface area (Å²) in [6.07, 6.45) is 2.00. The lowest BCUT2D eigenvalue weighted by molar-refractivity contribution is 0.0698. The number of aryl methyl sites for hydroxylation is 1. The number of pyridine rings is 1. The molecule has 1 saturated carbocycles. The third-order valence-electron chi connectivity index (χ3n) is 4.06. The topological polar surface area (TPSA) is 68.0 Å². The molecular formula is C17H14FN3O2. The summed E-state index contributed by atoms with van der Waals surface area (Å²) in [7, 11) is 0. The van der Waals surface area contributed by atoms with Gasteiger partial charge < -0.3 is 5.11 Å². The highest BCUT2D eigenvalue weighted by molar-refractivity contribution is 6.03. The number of benzene rings is 1. The fraction of sp³-hybridized carbons (Fsp3) is 0.235. The van der Waals surface area contributed by atoms with Crippen LogP contribution in [0.25, 0.3) is 16.7 Å². The Morgan fingerprint density at radius 2 is 2.00 bits per heavy atom. The van der Waals surface area contributed by atoms with E-state index in [1.807, 2.05) is 0 Å². The summed E-state index contributed by atoms with van der Waals surface area (Å²) in [5.41, 5.74) is 2.78. The molecule has 1 aliphatic carbocycles. The van der Waals surface area contributed by atoms with E-state index in [9.17, 15) is 14.3 Å². The number of aromatic nitrogens is 3. The lowest BCUT2D eigenvalue weighted by Gasteiger charge is -2.04. The highest BCUT2D eigenvalue weighted by Gasteiger charge is 2.32. The number of fused-ring (bicyclic) bond motifs is 1. The van der Waals surface area contributed by atoms with Gasteiger partial charge in [-0.3, -0.25) is 0 Å². The van der Waals surface area contributed by atoms with Crippen molar-refractivity contribution < 1.29 is 14.3 Å². The van der Waals surface area contributed by atoms with Crippen LogP contribution in [-0.2, 0) is 0 Å². The SMILES string of the molecule is Cc1cc(C(=O)O)c2c(C3CC3)nn(-c3ccc(F)cc3)c2n1. The molecule has 1 N–H and O–H groups in total. The maximum atomic E-state index is 13.2. The molecule has 0 unspecified atom stereocenters. The standard InChI is InChI=1S/C17H14FN3O2/c1-9-8-13(17(22)23)14-15(10-2-3-10)20-21(16(14)19-9)12-6-4-11(18)5-7-12/h4-8,10H,2-3H2,1H3,(H,22,23). The number of hydrogen-bond donors (Lipinski definition) is 1. The Morgan fingerprint density at radius 1 is 1.30 bits per heavy atom. The monoisotopic (exact) mass is 311 g/mol. The summed E-state index contributed by atoms with van der Waals surface area (Å²) in [6.45, 7) is 1.75. The van der Waals surface area contributed by atoms with Crippen molar-refractivity contribution in [1.82, 2.24) is 14.8 Å². The smallest absolute Gasteiger partial charge is 0.336 e. The van der Waals surface area contributed by atoms with Gasteiger partial charge in [-0.1, -0.05) is 0 Å². The minimum Gasteiger partial charge on any atom is -0.478 e. The first-order chi connectivity index (χ1) is 11.0. The Labute approximate surface area is 131 Å². The van der Waals surface area contributed by atoms with Crippen LogP contribution in [0.1, 0.15) is 40.5 Å². The molecule has 3 aromatic rings. The van der Waals surface area contributed by atoms with Crippen LogP contribution in [0.3, 0.4) is 0 Å². The maximum absolute atomic E-state index is 13.2. The molecule has 0 aliphatic heterocycles. The minimum absolute atomic E-state index is 0.225. The predicted molar refractivity (Wildman–Crippen MR) is 82.5 cm³/mol. The second-order valence-corrected chi connectivity index (χ2v) is 5.86. The van der Waals surface area contributed by atoms with Gasteiger partial charge in [0.25, 0.3) is 0 Å². The maximum Gasteiger partial charge on any atom is 0.336 e. The molecule has 4 rings (SSSR count). The Balaban J connectivity index is 2.05. The molecule has 0 bridgehead atoms. The van der Waals surface area contributed by atoms with Gasteiger partial charge in [0, 0.05) is 11.6 Å². The van der Waals surface area contributed by atoms with E-state index in [4.69, 9.17) is 0 Å². The second-order valence-electron chi connectivity index (χ2n) is 5.86. The molecule has 2 heterocycles. The zero-order chi connectivity index (χ0) is 16.1. The van der Waals surface area contributed by atoms with E-state index in [2.05, 4.69) is 10.1 Å². The highest BCUT2D eigenvalue weighted by Crippen LogP contribution is 2.43. The molecule has 1 fully saturated rings. The fourth-order valence-electron chi connectivity index (χ4n) is 2.84. The van der Waals surface area contributed by atoms with Gasteiger partial charge in [-0.05, 0) is 50.1 Å². The summed E-state index contributed by atoms with van der Waals surface area (Å²) in [5.74, 6) is -1.04. The van der Waals surface area contributed by atoms with Crippen LogP contribution < -0.4 is 0 Å². The normalized spacial score (nSPS) is 14.3. The average molecular weight is 311 g/mol. The number of carbonyl (C=O) groups is 1. The van der Waals surface area contributed by atoms with Gasteiger partial charge in [0.2, 0.25) is 0 Å². The molecule has 1 aliphatic rings. The van der Waals surface area contributed by atoms with Gasteiger partial charge in [-0.2, -0.15) is 5.10 Å². The molecule has 0 amide bonds. The van der Waals surface area contributed by atoms with Gasteiger partial charge in [-0.15, -0.1) is 0 Å². The zero-order valence-corrected chi connectivity index (χ0v) is 12.5. The van der Waals surface area contributed by atoms with Crippen LogP contribution in [0, 0.1) is 12.7 Å². The summed E-state index contributed by atoms with van der Waals surface area (Å²) < 4.78 is 14.8. The van der Waals surface area contributed by atoms with Gasteiger partial charge in [0.05, 0.1) is 22.3 Å². The van der Waals surface area contributed by atoms with Gasteiger partial charge >= 0.3 is 5.97 Å². The zero-order valence-electron chi connectivity index (χ0n) is 12.5. The van der Waals surface area contributed by atoms with Gasteiger partial charge in [-0.25, -0.2) is 18.9 Å². The first-order valence-electron chi connectivity index (χ1n) is 7.44. The lowest BCUT2D eigenvalue weighted by Crippen LogP contribution is -2.02. The molecule has 2 aromatic heterocycles. The quantitative estimate of drug-likeness (QED) is 0.804. The molecule has 116 valence electrons. The largest absolute Gasteiger partial charge is 0.478 e. The fourth-order valence-corrected chi connectivity index (χ4v) is 2.84. The molecule has 0 spiro atoms. The number of carboxylic acids is 1. The van der Waals surface area contributed by atoms with Crippen molar-refractivity contribution in [2.45, 2.75) is 25.7 Å². The van der Waals surface area contributed by atoms with Crippen LogP contribution in [0.2, 0.25) is 0 Å². The lowest BCUT2D eigenvalue weighted by atomic mass is 10.1. The van der Waals surface area contributed by atoms with Crippen molar-refractivity contribution in [3.8, 4) is 5.69 Å². The summed E-state index contributed by atoms with van der Waals surface area (Å²) in [6, 6.07) is 7.51. The first kappa shape index (κ1) is 13.9. The van der Waals surface area contributed by atoms with E-state index >= 15 is 0 Å². The van der Waals surface area contributed by atoms with E-state index in [0.29, 0.717) is 22.4 Å². The number of halogens is 1. The molecule has 0 saturated heterocycles. The third-order valence-corrected chi connectivity index (χ3v) is 4.06. The number of carboxylic acid groups (broad SMARTS) is 1. The summed E-state index contributed by atoms with van der Waals surface area (Å²) in [4.78, 5) is 16.1. The Hall–Kier alpha value is -2.76. The van der Waals surface area contributed by atoms with Crippen LogP contribution in [0.15, 0.2) is 30.3 Å². The third kappa shape index (κ3) is 2.27. The number of nitrogens with zero attached hydrogens (tertiary/aromatic N) is 3. The van der Waals surface area contributed by atoms with Crippen molar-refractivity contribution in [2.24, 2.45) is 0 Å². The van der Waals surface area contributed by atoms with E-state index in [1.165, 1.54) is 12.1 Å². The molecule has 5 nitrogen and oxygen atoms in total. The Bertz CT molecular complexity index is 927. The molecule has 0 atom stereocenters. The molecule has 1 aromatic carbocycles. The molecular weight excluding hydrogens is 297 g/mol. The summed E-state index contributed by atoms with van der Waals surface area (Å²) in [5, 5.41) is 14.7. The van der Waals surface area contributed by atoms with E-state index in [-0.39, 0.29) is 17.3 Å². The van der Waals surface area contributed by atoms with Crippen molar-refractivity contribution in [3.63, 3.8) is 0 Å². The predicted octanol–water partition coefficient (Wildman–Crippen LogP) is 3.44. The average Bonchev–Trinajstić information content (AvgIpc) is 3.29. The summed E-state index contributed by atoms with van der Waals surface area (Å²) >= 11 is 0. The van der Waals surface area contributed by atoms with Crippen molar-refractivity contribution in [3.05, 3.63) is 53.1 Å². The Morgan fingerprint density at radius 3 is 2.61 bits per heavy atom. The number of hydrogen-bond acceptors (Lipinski definition) is 3. The first-order valence-corrected chi connectivity index (χ1v) is 7.44. The second kappa shape index (κ2) is 4.87.